The molecule has 0 saturated carbocycles. The van der Waals surface area contributed by atoms with Crippen LogP contribution in [0.15, 0.2) is 6.20 Å². The van der Waals surface area contributed by atoms with E-state index < -0.39 is 12.0 Å². The van der Waals surface area contributed by atoms with Gasteiger partial charge in [-0.1, -0.05) is 0 Å². The van der Waals surface area contributed by atoms with E-state index in [1.165, 1.54) is 6.92 Å². The molecule has 80 valence electrons. The van der Waals surface area contributed by atoms with Crippen LogP contribution >= 0.6 is 11.3 Å². The van der Waals surface area contributed by atoms with Crippen molar-refractivity contribution in [2.24, 2.45) is 0 Å². The number of alkyl halides is 3. The molecule has 14 heavy (non-hydrogen) atoms. The van der Waals surface area contributed by atoms with Crippen LogP contribution in [0.1, 0.15) is 14.7 Å². The number of carbonyl (C=O) groups excluding carboxylic acids is 1. The van der Waals surface area contributed by atoms with Gasteiger partial charge in [-0.15, -0.1) is 11.3 Å². The number of halogens is 3. The quantitative estimate of drug-likeness (QED) is 0.542. The minimum absolute atomic E-state index is 0. The Morgan fingerprint density at radius 2 is 2.00 bits per heavy atom. The van der Waals surface area contributed by atoms with Gasteiger partial charge in [-0.3, -0.25) is 4.79 Å². The molecule has 7 heteroatoms. The minimum Gasteiger partial charge on any atom is -0.358 e. The van der Waals surface area contributed by atoms with Crippen LogP contribution in [0.4, 0.5) is 13.2 Å². The first-order chi connectivity index (χ1) is 5.41. The maximum absolute atomic E-state index is 11.8. The van der Waals surface area contributed by atoms with Gasteiger partial charge < -0.3 is 7.43 Å². The summed E-state index contributed by atoms with van der Waals surface area (Å²) in [7, 11) is 0. The van der Waals surface area contributed by atoms with Gasteiger partial charge in [0.05, 0.1) is 9.88 Å². The van der Waals surface area contributed by atoms with Gasteiger partial charge in [-0.2, -0.15) is 13.2 Å². The Labute approximate surface area is 97.8 Å². The predicted molar refractivity (Wildman–Crippen MR) is 43.7 cm³/mol. The van der Waals surface area contributed by atoms with Crippen LogP contribution in [-0.4, -0.2) is 16.9 Å². The molecule has 0 saturated heterocycles. The monoisotopic (exact) mass is 394 g/mol. The van der Waals surface area contributed by atoms with Crippen LogP contribution in [0.2, 0.25) is 0 Å². The molecule has 0 fully saturated rings. The zero-order valence-corrected chi connectivity index (χ0v) is 11.1. The molecular weight excluding hydrogens is 387 g/mol. The number of aromatic nitrogens is 1. The van der Waals surface area contributed by atoms with Crippen LogP contribution in [0.5, 0.6) is 0 Å². The molecule has 0 aliphatic carbocycles. The second kappa shape index (κ2) is 5.61. The minimum atomic E-state index is -4.79. The van der Waals surface area contributed by atoms with E-state index in [9.17, 15) is 18.0 Å². The summed E-state index contributed by atoms with van der Waals surface area (Å²) in [5, 5.41) is 0.447. The van der Waals surface area contributed by atoms with Gasteiger partial charge in [0.25, 0.3) is 5.78 Å². The summed E-state index contributed by atoms with van der Waals surface area (Å²) >= 11 is 0.742. The summed E-state index contributed by atoms with van der Waals surface area (Å²) in [4.78, 5) is 13.7. The molecule has 0 bridgehead atoms. The van der Waals surface area contributed by atoms with Gasteiger partial charge in [-0.25, -0.2) is 4.98 Å². The van der Waals surface area contributed by atoms with Crippen molar-refractivity contribution >= 4 is 17.1 Å². The van der Waals surface area contributed by atoms with E-state index in [2.05, 4.69) is 4.98 Å². The van der Waals surface area contributed by atoms with Crippen LogP contribution in [-0.2, 0) is 21.1 Å². The van der Waals surface area contributed by atoms with E-state index in [1.54, 1.807) is 0 Å². The van der Waals surface area contributed by atoms with Gasteiger partial charge >= 0.3 is 6.18 Å². The van der Waals surface area contributed by atoms with Gasteiger partial charge in [0.15, 0.2) is 0 Å². The Morgan fingerprint density at radius 3 is 2.29 bits per heavy atom. The third kappa shape index (κ3) is 3.88. The smallest absolute Gasteiger partial charge is 0.358 e. The Kier molecular flexibility index (Phi) is 6.50. The van der Waals surface area contributed by atoms with Crippen LogP contribution in [0.25, 0.3) is 0 Å². The van der Waals surface area contributed by atoms with E-state index in [4.69, 9.17) is 0 Å². The van der Waals surface area contributed by atoms with Crippen LogP contribution in [0.3, 0.4) is 0 Å². The third-order valence-corrected chi connectivity index (χ3v) is 2.01. The fourth-order valence-corrected chi connectivity index (χ4v) is 1.34. The number of hydrogen-bond acceptors (Lipinski definition) is 3. The van der Waals surface area contributed by atoms with E-state index in [0.717, 1.165) is 17.5 Å². The molecule has 1 aromatic rings. The van der Waals surface area contributed by atoms with Crippen LogP contribution in [0, 0.1) is 14.4 Å². The standard InChI is InChI=1S/C6H4F3NOS.CH3.W/c1-3-10-2-4(12-3)5(11)6(7,8)9;;/h2H,1H3;1H3;/q;-1;. The van der Waals surface area contributed by atoms with E-state index in [1.807, 2.05) is 0 Å². The maximum Gasteiger partial charge on any atom is 0.455 e. The number of rotatable bonds is 1. The Balaban J connectivity index is 0. The van der Waals surface area contributed by atoms with Gasteiger partial charge in [0, 0.05) is 27.3 Å². The zero-order chi connectivity index (χ0) is 9.35. The summed E-state index contributed by atoms with van der Waals surface area (Å²) in [6, 6.07) is 0. The molecule has 0 spiro atoms. The van der Waals surface area contributed by atoms with Crippen molar-refractivity contribution in [3.63, 3.8) is 0 Å². The Morgan fingerprint density at radius 1 is 1.50 bits per heavy atom. The fourth-order valence-electron chi connectivity index (χ4n) is 0.606. The van der Waals surface area contributed by atoms with Crippen molar-refractivity contribution < 1.29 is 39.0 Å². The summed E-state index contributed by atoms with van der Waals surface area (Å²) in [6.45, 7) is 1.54. The Hall–Kier alpha value is -0.222. The normalized spacial score (nSPS) is 10.0. The van der Waals surface area contributed by atoms with Crippen molar-refractivity contribution in [1.82, 2.24) is 4.98 Å². The molecule has 0 aliphatic rings. The van der Waals surface area contributed by atoms with Gasteiger partial charge in [0.2, 0.25) is 0 Å². The molecule has 0 aromatic carbocycles. The molecule has 1 rings (SSSR count). The molecule has 0 unspecified atom stereocenters. The van der Waals surface area contributed by atoms with E-state index >= 15 is 0 Å². The number of carbonyl (C=O) groups is 1. The first-order valence-corrected chi connectivity index (χ1v) is 3.77. The molecule has 0 amide bonds. The fraction of sp³-hybridized carbons (Fsp3) is 0.286. The van der Waals surface area contributed by atoms with E-state index in [-0.39, 0.29) is 33.4 Å². The molecule has 1 heterocycles. The average molecular weight is 394 g/mol. The van der Waals surface area contributed by atoms with Crippen LogP contribution < -0.4 is 0 Å². The maximum atomic E-state index is 11.8. The number of aryl methyl sites for hydroxylation is 1. The third-order valence-electron chi connectivity index (χ3n) is 1.10. The SMILES string of the molecule is Cc1ncc(C(=O)C(F)(F)F)s1.[CH3-].[W]. The topological polar surface area (TPSA) is 30.0 Å². The molecular formula is C7H7F3NOSW-. The molecule has 0 atom stereocenters. The molecule has 2 nitrogen and oxygen atoms in total. The predicted octanol–water partition coefficient (Wildman–Crippen LogP) is 2.64. The van der Waals surface area contributed by atoms with Crippen molar-refractivity contribution in [3.05, 3.63) is 23.5 Å². The number of nitrogens with zero attached hydrogens (tertiary/aromatic N) is 1. The summed E-state index contributed by atoms with van der Waals surface area (Å²) in [5.41, 5.74) is 0. The van der Waals surface area contributed by atoms with Gasteiger partial charge in [-0.05, 0) is 6.92 Å². The van der Waals surface area contributed by atoms with E-state index in [0.29, 0.717) is 5.01 Å². The second-order valence-electron chi connectivity index (χ2n) is 2.07. The van der Waals surface area contributed by atoms with Crippen molar-refractivity contribution in [2.75, 3.05) is 0 Å². The summed E-state index contributed by atoms with van der Waals surface area (Å²) in [5.74, 6) is -1.83. The molecule has 0 aliphatic heterocycles. The second-order valence-corrected chi connectivity index (χ2v) is 3.31. The summed E-state index contributed by atoms with van der Waals surface area (Å²) in [6.07, 6.45) is -3.85. The van der Waals surface area contributed by atoms with Gasteiger partial charge in [0.1, 0.15) is 0 Å². The van der Waals surface area contributed by atoms with Crippen molar-refractivity contribution in [3.8, 4) is 0 Å². The van der Waals surface area contributed by atoms with Crippen molar-refractivity contribution in [2.45, 2.75) is 13.1 Å². The Bertz CT molecular complexity index is 310. The number of hydrogen-bond donors (Lipinski definition) is 0. The first kappa shape index (κ1) is 16.2. The average Bonchev–Trinajstić information content (AvgIpc) is 2.32. The number of Topliss-reactive ketones (excluding diaryl/α,β-unsaturated/α-hetero) is 1. The number of ketones is 1. The molecule has 0 N–H and O–H groups in total. The molecule has 1 aromatic heterocycles. The van der Waals surface area contributed by atoms with Crippen molar-refractivity contribution in [1.29, 1.82) is 0 Å². The largest absolute Gasteiger partial charge is 0.455 e. The molecule has 0 radical (unpaired) electrons. The first-order valence-electron chi connectivity index (χ1n) is 2.95. The summed E-state index contributed by atoms with van der Waals surface area (Å²) < 4.78 is 35.3. The zero-order valence-electron chi connectivity index (χ0n) is 7.38. The number of thiazole rings is 1.